The van der Waals surface area contributed by atoms with Gasteiger partial charge in [0.2, 0.25) is 15.9 Å². The van der Waals surface area contributed by atoms with E-state index in [0.717, 1.165) is 12.1 Å². The molecule has 100 valence electrons. The van der Waals surface area contributed by atoms with E-state index in [1.165, 1.54) is 12.1 Å². The molecule has 1 aromatic rings. The zero-order chi connectivity index (χ0) is 13.9. The van der Waals surface area contributed by atoms with Gasteiger partial charge in [0.25, 0.3) is 0 Å². The summed E-state index contributed by atoms with van der Waals surface area (Å²) in [5.41, 5.74) is 0.721. The molecule has 1 aliphatic heterocycles. The molecule has 0 spiro atoms. The van der Waals surface area contributed by atoms with E-state index in [0.29, 0.717) is 13.0 Å². The predicted molar refractivity (Wildman–Crippen MR) is 72.1 cm³/mol. The normalized spacial score (nSPS) is 15.5. The van der Waals surface area contributed by atoms with Crippen molar-refractivity contribution in [3.8, 4) is 12.3 Å². The number of sulfonamides is 1. The molecule has 6 heteroatoms. The van der Waals surface area contributed by atoms with E-state index < -0.39 is 10.0 Å². The monoisotopic (exact) mass is 278 g/mol. The molecule has 0 aliphatic carbocycles. The van der Waals surface area contributed by atoms with Crippen LogP contribution in [0.15, 0.2) is 29.2 Å². The second kappa shape index (κ2) is 5.43. The summed E-state index contributed by atoms with van der Waals surface area (Å²) in [6, 6.07) is 6.21. The summed E-state index contributed by atoms with van der Waals surface area (Å²) < 4.78 is 25.9. The van der Waals surface area contributed by atoms with Crippen molar-refractivity contribution in [1.82, 2.24) is 4.72 Å². The van der Waals surface area contributed by atoms with Crippen LogP contribution in [0.2, 0.25) is 0 Å². The fourth-order valence-electron chi connectivity index (χ4n) is 1.95. The van der Waals surface area contributed by atoms with Gasteiger partial charge < -0.3 is 4.90 Å². The fraction of sp³-hybridized carbons (Fsp3) is 0.308. The Morgan fingerprint density at radius 2 is 2.00 bits per heavy atom. The molecular formula is C13H14N2O3S. The minimum Gasteiger partial charge on any atom is -0.312 e. The SMILES string of the molecule is C#CCNS(=O)(=O)c1ccc(N2CCCC2=O)cc1. The zero-order valence-electron chi connectivity index (χ0n) is 10.3. The van der Waals surface area contributed by atoms with Crippen LogP contribution in [0.4, 0.5) is 5.69 Å². The summed E-state index contributed by atoms with van der Waals surface area (Å²) in [5, 5.41) is 0. The second-order valence-electron chi connectivity index (χ2n) is 4.17. The van der Waals surface area contributed by atoms with Crippen LogP contribution >= 0.6 is 0 Å². The summed E-state index contributed by atoms with van der Waals surface area (Å²) in [5.74, 6) is 2.28. The van der Waals surface area contributed by atoms with Gasteiger partial charge in [0.15, 0.2) is 0 Å². The van der Waals surface area contributed by atoms with Crippen LogP contribution in [-0.2, 0) is 14.8 Å². The molecule has 0 unspecified atom stereocenters. The van der Waals surface area contributed by atoms with Crippen molar-refractivity contribution in [2.75, 3.05) is 18.0 Å². The van der Waals surface area contributed by atoms with Crippen LogP contribution < -0.4 is 9.62 Å². The Bertz CT molecular complexity index is 614. The number of benzene rings is 1. The molecule has 1 N–H and O–H groups in total. The number of nitrogens with zero attached hydrogens (tertiary/aromatic N) is 1. The van der Waals surface area contributed by atoms with Crippen LogP contribution in [0, 0.1) is 12.3 Å². The third kappa shape index (κ3) is 2.95. The molecule has 0 bridgehead atoms. The third-order valence-electron chi connectivity index (χ3n) is 2.90. The number of terminal acetylenes is 1. The Labute approximate surface area is 112 Å². The van der Waals surface area contributed by atoms with Crippen molar-refractivity contribution in [1.29, 1.82) is 0 Å². The third-order valence-corrected chi connectivity index (χ3v) is 4.31. The Kier molecular flexibility index (Phi) is 3.88. The number of amides is 1. The van der Waals surface area contributed by atoms with Crippen LogP contribution in [0.25, 0.3) is 0 Å². The van der Waals surface area contributed by atoms with Gasteiger partial charge in [-0.15, -0.1) is 6.42 Å². The van der Waals surface area contributed by atoms with Gasteiger partial charge in [-0.2, -0.15) is 4.72 Å². The first-order valence-corrected chi connectivity index (χ1v) is 7.36. The summed E-state index contributed by atoms with van der Waals surface area (Å²) in [7, 11) is -3.57. The molecule has 1 aliphatic rings. The quantitative estimate of drug-likeness (QED) is 0.825. The average Bonchev–Trinajstić information content (AvgIpc) is 2.83. The summed E-state index contributed by atoms with van der Waals surface area (Å²) in [4.78, 5) is 13.4. The number of carbonyl (C=O) groups is 1. The molecule has 1 aromatic carbocycles. The number of rotatable bonds is 4. The number of hydrogen-bond donors (Lipinski definition) is 1. The maximum absolute atomic E-state index is 11.8. The van der Waals surface area contributed by atoms with Crippen LogP contribution in [-0.4, -0.2) is 27.4 Å². The Morgan fingerprint density at radius 3 is 2.53 bits per heavy atom. The number of anilines is 1. The molecule has 1 amide bonds. The first-order chi connectivity index (χ1) is 9.04. The summed E-state index contributed by atoms with van der Waals surface area (Å²) in [6.45, 7) is 0.634. The minimum atomic E-state index is -3.57. The average molecular weight is 278 g/mol. The van der Waals surface area contributed by atoms with E-state index in [2.05, 4.69) is 10.6 Å². The highest BCUT2D eigenvalue weighted by atomic mass is 32.2. The van der Waals surface area contributed by atoms with Crippen LogP contribution in [0.3, 0.4) is 0 Å². The molecular weight excluding hydrogens is 264 g/mol. The largest absolute Gasteiger partial charge is 0.312 e. The highest BCUT2D eigenvalue weighted by Gasteiger charge is 2.22. The topological polar surface area (TPSA) is 66.5 Å². The van der Waals surface area contributed by atoms with Crippen molar-refractivity contribution in [2.24, 2.45) is 0 Å². The van der Waals surface area contributed by atoms with Gasteiger partial charge in [0.1, 0.15) is 0 Å². The Hall–Kier alpha value is -1.84. The highest BCUT2D eigenvalue weighted by Crippen LogP contribution is 2.22. The molecule has 1 fully saturated rings. The number of hydrogen-bond acceptors (Lipinski definition) is 3. The van der Waals surface area contributed by atoms with Gasteiger partial charge in [-0.3, -0.25) is 4.79 Å². The smallest absolute Gasteiger partial charge is 0.241 e. The van der Waals surface area contributed by atoms with Crippen molar-refractivity contribution < 1.29 is 13.2 Å². The zero-order valence-corrected chi connectivity index (χ0v) is 11.1. The molecule has 0 atom stereocenters. The van der Waals surface area contributed by atoms with Gasteiger partial charge in [-0.1, -0.05) is 5.92 Å². The van der Waals surface area contributed by atoms with E-state index in [1.54, 1.807) is 17.0 Å². The highest BCUT2D eigenvalue weighted by molar-refractivity contribution is 7.89. The number of carbonyl (C=O) groups excluding carboxylic acids is 1. The molecule has 0 aromatic heterocycles. The lowest BCUT2D eigenvalue weighted by atomic mass is 10.3. The van der Waals surface area contributed by atoms with Gasteiger partial charge in [-0.05, 0) is 30.7 Å². The van der Waals surface area contributed by atoms with Gasteiger partial charge in [0.05, 0.1) is 11.4 Å². The molecule has 0 saturated carbocycles. The molecule has 19 heavy (non-hydrogen) atoms. The molecule has 2 rings (SSSR count). The molecule has 0 radical (unpaired) electrons. The summed E-state index contributed by atoms with van der Waals surface area (Å²) in [6.07, 6.45) is 6.40. The van der Waals surface area contributed by atoms with Gasteiger partial charge >= 0.3 is 0 Å². The van der Waals surface area contributed by atoms with Crippen molar-refractivity contribution >= 4 is 21.6 Å². The van der Waals surface area contributed by atoms with Crippen LogP contribution in [0.5, 0.6) is 0 Å². The van der Waals surface area contributed by atoms with E-state index in [4.69, 9.17) is 6.42 Å². The fourth-order valence-corrected chi connectivity index (χ4v) is 2.88. The van der Waals surface area contributed by atoms with Crippen molar-refractivity contribution in [2.45, 2.75) is 17.7 Å². The first-order valence-electron chi connectivity index (χ1n) is 5.88. The standard InChI is InChI=1S/C13H14N2O3S/c1-2-9-14-19(17,18)12-7-5-11(6-8-12)15-10-3-4-13(15)16/h1,5-8,14H,3-4,9-10H2. The minimum absolute atomic E-state index is 0.0469. The second-order valence-corrected chi connectivity index (χ2v) is 5.94. The first kappa shape index (κ1) is 13.6. The summed E-state index contributed by atoms with van der Waals surface area (Å²) >= 11 is 0. The number of nitrogens with one attached hydrogen (secondary N) is 1. The van der Waals surface area contributed by atoms with Crippen molar-refractivity contribution in [3.05, 3.63) is 24.3 Å². The van der Waals surface area contributed by atoms with E-state index >= 15 is 0 Å². The maximum Gasteiger partial charge on any atom is 0.241 e. The lowest BCUT2D eigenvalue weighted by Gasteiger charge is -2.15. The molecule has 1 saturated heterocycles. The van der Waals surface area contributed by atoms with Crippen molar-refractivity contribution in [3.63, 3.8) is 0 Å². The molecule has 5 nitrogen and oxygen atoms in total. The Balaban J connectivity index is 2.19. The van der Waals surface area contributed by atoms with Crippen LogP contribution in [0.1, 0.15) is 12.8 Å². The Morgan fingerprint density at radius 1 is 1.32 bits per heavy atom. The van der Waals surface area contributed by atoms with E-state index in [-0.39, 0.29) is 17.3 Å². The van der Waals surface area contributed by atoms with Gasteiger partial charge in [0, 0.05) is 18.7 Å². The lowest BCUT2D eigenvalue weighted by Crippen LogP contribution is -2.25. The van der Waals surface area contributed by atoms with E-state index in [1.807, 2.05) is 0 Å². The lowest BCUT2D eigenvalue weighted by molar-refractivity contribution is -0.117. The molecule has 1 heterocycles. The maximum atomic E-state index is 11.8. The van der Waals surface area contributed by atoms with Gasteiger partial charge in [-0.25, -0.2) is 8.42 Å². The predicted octanol–water partition coefficient (Wildman–Crippen LogP) is 0.725. The van der Waals surface area contributed by atoms with E-state index in [9.17, 15) is 13.2 Å².